The highest BCUT2D eigenvalue weighted by Gasteiger charge is 2.10. The summed E-state index contributed by atoms with van der Waals surface area (Å²) < 4.78 is 27.8. The molecule has 8 nitrogen and oxygen atoms in total. The van der Waals surface area contributed by atoms with Gasteiger partial charge in [0.25, 0.3) is 5.69 Å². The maximum absolute atomic E-state index is 11.2. The minimum Gasteiger partial charge on any atom is -0.480 e. The summed E-state index contributed by atoms with van der Waals surface area (Å²) >= 11 is 0. The lowest BCUT2D eigenvalue weighted by Gasteiger charge is -2.06. The van der Waals surface area contributed by atoms with Gasteiger partial charge in [0.05, 0.1) is 16.4 Å². The van der Waals surface area contributed by atoms with Crippen LogP contribution in [0.1, 0.15) is 11.1 Å². The lowest BCUT2D eigenvalue weighted by molar-refractivity contribution is -0.384. The van der Waals surface area contributed by atoms with Gasteiger partial charge >= 0.3 is 0 Å². The molecule has 0 saturated heterocycles. The van der Waals surface area contributed by atoms with Crippen LogP contribution in [0.2, 0.25) is 0 Å². The molecule has 0 amide bonds. The second kappa shape index (κ2) is 8.24. The number of nitro groups is 1. The largest absolute Gasteiger partial charge is 0.480 e. The van der Waals surface area contributed by atoms with Crippen LogP contribution in [0.3, 0.4) is 0 Å². The second-order valence-electron chi connectivity index (χ2n) is 5.13. The fourth-order valence-electron chi connectivity index (χ4n) is 2.04. The Labute approximate surface area is 150 Å². The molecule has 134 valence electrons. The van der Waals surface area contributed by atoms with Gasteiger partial charge in [0.1, 0.15) is 12.4 Å². The van der Waals surface area contributed by atoms with Crippen LogP contribution >= 0.6 is 0 Å². The van der Waals surface area contributed by atoms with Crippen molar-refractivity contribution in [3.63, 3.8) is 0 Å². The first kappa shape index (κ1) is 19.1. The van der Waals surface area contributed by atoms with E-state index in [4.69, 9.17) is 16.3 Å². The molecule has 26 heavy (non-hydrogen) atoms. The van der Waals surface area contributed by atoms with Gasteiger partial charge in [0.15, 0.2) is 0 Å². The third-order valence-corrected chi connectivity index (χ3v) is 4.20. The number of primary sulfonamides is 1. The zero-order valence-corrected chi connectivity index (χ0v) is 14.3. The number of non-ortho nitro benzene ring substituents is 1. The first-order valence-electron chi connectivity index (χ1n) is 7.27. The molecule has 0 fully saturated rings. The normalized spacial score (nSPS) is 11.2. The Bertz CT molecular complexity index is 976. The zero-order chi connectivity index (χ0) is 19.2. The SMILES string of the molecule is C#CCOc1ccc([N+](=O)[O-])cc1C=NCc1ccc(S(N)(=O)=O)cc1. The molecule has 0 saturated carbocycles. The fourth-order valence-corrected chi connectivity index (χ4v) is 2.55. The average molecular weight is 373 g/mol. The van der Waals surface area contributed by atoms with Crippen LogP contribution in [0.5, 0.6) is 5.75 Å². The summed E-state index contributed by atoms with van der Waals surface area (Å²) in [6.07, 6.45) is 6.59. The number of hydrogen-bond donors (Lipinski definition) is 1. The number of nitrogens with zero attached hydrogens (tertiary/aromatic N) is 2. The van der Waals surface area contributed by atoms with Gasteiger partial charge < -0.3 is 4.74 Å². The van der Waals surface area contributed by atoms with Crippen LogP contribution in [0.15, 0.2) is 52.4 Å². The van der Waals surface area contributed by atoms with E-state index < -0.39 is 14.9 Å². The monoisotopic (exact) mass is 373 g/mol. The van der Waals surface area contributed by atoms with E-state index in [0.29, 0.717) is 11.3 Å². The molecule has 2 rings (SSSR count). The van der Waals surface area contributed by atoms with Crippen LogP contribution in [0.4, 0.5) is 5.69 Å². The summed E-state index contributed by atoms with van der Waals surface area (Å²) in [5.41, 5.74) is 1.05. The van der Waals surface area contributed by atoms with Crippen LogP contribution in [-0.4, -0.2) is 26.2 Å². The summed E-state index contributed by atoms with van der Waals surface area (Å²) in [5, 5.41) is 16.0. The Hall–Kier alpha value is -3.22. The van der Waals surface area contributed by atoms with Crippen LogP contribution in [-0.2, 0) is 16.6 Å². The quantitative estimate of drug-likeness (QED) is 0.343. The van der Waals surface area contributed by atoms with E-state index in [-0.39, 0.29) is 23.7 Å². The molecule has 0 aliphatic carbocycles. The minimum absolute atomic E-state index is 0.00823. The van der Waals surface area contributed by atoms with E-state index in [1.54, 1.807) is 12.1 Å². The Morgan fingerprint density at radius 1 is 1.27 bits per heavy atom. The molecule has 0 aliphatic heterocycles. The number of hydrogen-bond acceptors (Lipinski definition) is 6. The van der Waals surface area contributed by atoms with Crippen LogP contribution < -0.4 is 9.88 Å². The van der Waals surface area contributed by atoms with Crippen molar-refractivity contribution in [1.29, 1.82) is 0 Å². The Balaban J connectivity index is 2.19. The van der Waals surface area contributed by atoms with Crippen molar-refractivity contribution in [2.24, 2.45) is 10.1 Å². The van der Waals surface area contributed by atoms with Gasteiger partial charge in [-0.3, -0.25) is 15.1 Å². The zero-order valence-electron chi connectivity index (χ0n) is 13.5. The molecular formula is C17H15N3O5S. The van der Waals surface area contributed by atoms with Gasteiger partial charge in [-0.05, 0) is 23.8 Å². The summed E-state index contributed by atoms with van der Waals surface area (Å²) in [7, 11) is -3.75. The first-order valence-corrected chi connectivity index (χ1v) is 8.82. The number of nitro benzene ring substituents is 1. The molecule has 2 N–H and O–H groups in total. The highest BCUT2D eigenvalue weighted by atomic mass is 32.2. The maximum atomic E-state index is 11.2. The fraction of sp³-hybridized carbons (Fsp3) is 0.118. The summed E-state index contributed by atoms with van der Waals surface area (Å²) in [6.45, 7) is 0.260. The first-order chi connectivity index (χ1) is 12.3. The molecule has 2 aromatic carbocycles. The van der Waals surface area contributed by atoms with E-state index in [9.17, 15) is 18.5 Å². The van der Waals surface area contributed by atoms with Crippen molar-refractivity contribution < 1.29 is 18.1 Å². The highest BCUT2D eigenvalue weighted by Crippen LogP contribution is 2.23. The number of terminal acetylenes is 1. The maximum Gasteiger partial charge on any atom is 0.270 e. The van der Waals surface area contributed by atoms with E-state index in [2.05, 4.69) is 10.9 Å². The molecule has 0 spiro atoms. The lowest BCUT2D eigenvalue weighted by Crippen LogP contribution is -2.11. The van der Waals surface area contributed by atoms with Crippen LogP contribution in [0, 0.1) is 22.5 Å². The third kappa shape index (κ3) is 5.14. The van der Waals surface area contributed by atoms with Gasteiger partial charge in [-0.25, -0.2) is 13.6 Å². The minimum atomic E-state index is -3.75. The number of rotatable bonds is 7. The van der Waals surface area contributed by atoms with Crippen molar-refractivity contribution in [1.82, 2.24) is 0 Å². The Morgan fingerprint density at radius 3 is 2.54 bits per heavy atom. The van der Waals surface area contributed by atoms with E-state index in [1.165, 1.54) is 36.5 Å². The number of aliphatic imine (C=N–C) groups is 1. The predicted molar refractivity (Wildman–Crippen MR) is 96.5 cm³/mol. The smallest absolute Gasteiger partial charge is 0.270 e. The van der Waals surface area contributed by atoms with Crippen molar-refractivity contribution in [3.05, 3.63) is 63.7 Å². The number of ether oxygens (including phenoxy) is 1. The third-order valence-electron chi connectivity index (χ3n) is 3.27. The molecule has 0 heterocycles. The summed E-state index contributed by atoms with van der Waals surface area (Å²) in [6, 6.07) is 10.0. The molecule has 0 atom stereocenters. The molecule has 0 aromatic heterocycles. The van der Waals surface area contributed by atoms with Gasteiger partial charge in [-0.2, -0.15) is 0 Å². The van der Waals surface area contributed by atoms with Crippen molar-refractivity contribution >= 4 is 21.9 Å². The second-order valence-corrected chi connectivity index (χ2v) is 6.69. The van der Waals surface area contributed by atoms with E-state index >= 15 is 0 Å². The molecule has 0 radical (unpaired) electrons. The standard InChI is InChI=1S/C17H15N3O5S/c1-2-9-25-17-8-5-15(20(21)22)10-14(17)12-19-11-13-3-6-16(7-4-13)26(18,23)24/h1,3-8,10,12H,9,11H2,(H2,18,23,24). The predicted octanol–water partition coefficient (Wildman–Crippen LogP) is 1.87. The van der Waals surface area contributed by atoms with Crippen molar-refractivity contribution in [2.45, 2.75) is 11.4 Å². The van der Waals surface area contributed by atoms with Crippen molar-refractivity contribution in [2.75, 3.05) is 6.61 Å². The number of nitrogens with two attached hydrogens (primary N) is 1. The molecule has 9 heteroatoms. The molecule has 0 bridgehead atoms. The molecule has 0 unspecified atom stereocenters. The average Bonchev–Trinajstić information content (AvgIpc) is 2.60. The molecule has 2 aromatic rings. The Morgan fingerprint density at radius 2 is 1.96 bits per heavy atom. The number of benzene rings is 2. The van der Waals surface area contributed by atoms with Crippen molar-refractivity contribution in [3.8, 4) is 18.1 Å². The van der Waals surface area contributed by atoms with Gasteiger partial charge in [-0.15, -0.1) is 6.42 Å². The lowest BCUT2D eigenvalue weighted by atomic mass is 10.2. The number of sulfonamides is 1. The summed E-state index contributed by atoms with van der Waals surface area (Å²) in [4.78, 5) is 14.6. The van der Waals surface area contributed by atoms with Crippen LogP contribution in [0.25, 0.3) is 0 Å². The summed E-state index contributed by atoms with van der Waals surface area (Å²) in [5.74, 6) is 2.70. The van der Waals surface area contributed by atoms with E-state index in [1.807, 2.05) is 0 Å². The van der Waals surface area contributed by atoms with Gasteiger partial charge in [-0.1, -0.05) is 18.1 Å². The Kier molecular flexibility index (Phi) is 6.06. The van der Waals surface area contributed by atoms with E-state index in [0.717, 1.165) is 5.56 Å². The van der Waals surface area contributed by atoms with Gasteiger partial charge in [0.2, 0.25) is 10.0 Å². The topological polar surface area (TPSA) is 125 Å². The van der Waals surface area contributed by atoms with Gasteiger partial charge in [0, 0.05) is 23.9 Å². The molecular weight excluding hydrogens is 358 g/mol. The molecule has 0 aliphatic rings. The highest BCUT2D eigenvalue weighted by molar-refractivity contribution is 7.89.